The van der Waals surface area contributed by atoms with Gasteiger partial charge < -0.3 is 10.1 Å². The molecular weight excluding hydrogens is 324 g/mol. The van der Waals surface area contributed by atoms with Crippen molar-refractivity contribution < 1.29 is 9.53 Å². The van der Waals surface area contributed by atoms with Gasteiger partial charge in [0.2, 0.25) is 5.91 Å². The first-order chi connectivity index (χ1) is 11.6. The summed E-state index contributed by atoms with van der Waals surface area (Å²) in [6, 6.07) is 6.23. The molecule has 0 spiro atoms. The predicted octanol–water partition coefficient (Wildman–Crippen LogP) is 2.27. The summed E-state index contributed by atoms with van der Waals surface area (Å²) in [6.07, 6.45) is 3.95. The van der Waals surface area contributed by atoms with Crippen LogP contribution in [-0.4, -0.2) is 45.7 Å². The second-order valence-electron chi connectivity index (χ2n) is 6.00. The Morgan fingerprint density at radius 3 is 3.08 bits per heavy atom. The summed E-state index contributed by atoms with van der Waals surface area (Å²) in [4.78, 5) is 12.0. The molecule has 1 aliphatic rings. The summed E-state index contributed by atoms with van der Waals surface area (Å²) in [7, 11) is 0. The number of thioether (sulfide) groups is 1. The van der Waals surface area contributed by atoms with Crippen molar-refractivity contribution in [2.24, 2.45) is 0 Å². The normalized spacial score (nSPS) is 17.2. The minimum atomic E-state index is -0.00863. The van der Waals surface area contributed by atoms with E-state index in [0.717, 1.165) is 30.7 Å². The molecule has 0 radical (unpaired) electrons. The number of rotatable bonds is 6. The van der Waals surface area contributed by atoms with Crippen molar-refractivity contribution in [2.75, 3.05) is 18.9 Å². The smallest absolute Gasteiger partial charge is 0.230 e. The van der Waals surface area contributed by atoms with Crippen LogP contribution in [0.2, 0.25) is 0 Å². The molecular formula is C17H22N4O2S. The van der Waals surface area contributed by atoms with Crippen molar-refractivity contribution in [3.8, 4) is 5.69 Å². The number of benzene rings is 1. The van der Waals surface area contributed by atoms with Crippen LogP contribution in [0.15, 0.2) is 29.7 Å². The van der Waals surface area contributed by atoms with E-state index in [9.17, 15) is 4.79 Å². The first-order valence-electron chi connectivity index (χ1n) is 8.12. The molecule has 2 heterocycles. The zero-order valence-corrected chi connectivity index (χ0v) is 14.8. The first-order valence-corrected chi connectivity index (χ1v) is 9.11. The van der Waals surface area contributed by atoms with Crippen LogP contribution >= 0.6 is 11.8 Å². The third-order valence-corrected chi connectivity index (χ3v) is 4.95. The molecule has 1 amide bonds. The number of nitrogens with one attached hydrogen (secondary N) is 1. The van der Waals surface area contributed by atoms with Crippen molar-refractivity contribution in [1.29, 1.82) is 0 Å². The average molecular weight is 346 g/mol. The first kappa shape index (κ1) is 17.0. The lowest BCUT2D eigenvalue weighted by Crippen LogP contribution is -2.32. The molecule has 0 bridgehead atoms. The maximum absolute atomic E-state index is 12.0. The van der Waals surface area contributed by atoms with Gasteiger partial charge in [-0.05, 0) is 38.3 Å². The predicted molar refractivity (Wildman–Crippen MR) is 93.5 cm³/mol. The molecule has 7 heteroatoms. The molecule has 128 valence electrons. The van der Waals surface area contributed by atoms with E-state index < -0.39 is 0 Å². The highest BCUT2D eigenvalue weighted by molar-refractivity contribution is 7.99. The number of hydrogen-bond acceptors (Lipinski definition) is 5. The number of hydrogen-bond donors (Lipinski definition) is 1. The van der Waals surface area contributed by atoms with Gasteiger partial charge in [-0.1, -0.05) is 29.5 Å². The van der Waals surface area contributed by atoms with Gasteiger partial charge in [-0.15, -0.1) is 10.2 Å². The molecule has 1 aliphatic heterocycles. The Morgan fingerprint density at radius 1 is 1.46 bits per heavy atom. The maximum atomic E-state index is 12.0. The molecule has 1 N–H and O–H groups in total. The molecule has 0 saturated carbocycles. The molecule has 0 aliphatic carbocycles. The fourth-order valence-electron chi connectivity index (χ4n) is 2.78. The largest absolute Gasteiger partial charge is 0.376 e. The monoisotopic (exact) mass is 346 g/mol. The lowest BCUT2D eigenvalue weighted by Gasteiger charge is -2.11. The van der Waals surface area contributed by atoms with E-state index in [0.29, 0.717) is 17.5 Å². The van der Waals surface area contributed by atoms with Gasteiger partial charge in [0, 0.05) is 13.2 Å². The van der Waals surface area contributed by atoms with Crippen LogP contribution in [0.25, 0.3) is 5.69 Å². The summed E-state index contributed by atoms with van der Waals surface area (Å²) in [5.41, 5.74) is 3.40. The molecule has 1 atom stereocenters. The van der Waals surface area contributed by atoms with E-state index in [-0.39, 0.29) is 12.0 Å². The van der Waals surface area contributed by atoms with Crippen LogP contribution < -0.4 is 5.32 Å². The van der Waals surface area contributed by atoms with Crippen LogP contribution in [0.1, 0.15) is 24.0 Å². The highest BCUT2D eigenvalue weighted by atomic mass is 32.2. The van der Waals surface area contributed by atoms with Crippen LogP contribution in [0, 0.1) is 13.8 Å². The van der Waals surface area contributed by atoms with Gasteiger partial charge in [0.25, 0.3) is 0 Å². The summed E-state index contributed by atoms with van der Waals surface area (Å²) in [5, 5.41) is 11.8. The standard InChI is InChI=1S/C17H22N4O2S/c1-12-5-6-15(13(2)8-12)21-11-19-20-17(21)24-10-16(22)18-9-14-4-3-7-23-14/h5-6,8,11,14H,3-4,7,9-10H2,1-2H3,(H,18,22). The Kier molecular flexibility index (Phi) is 5.52. The third kappa shape index (κ3) is 4.15. The molecule has 1 aromatic carbocycles. The number of carbonyl (C=O) groups excluding carboxylic acids is 1. The van der Waals surface area contributed by atoms with E-state index in [1.807, 2.05) is 4.57 Å². The van der Waals surface area contributed by atoms with E-state index in [1.165, 1.54) is 17.3 Å². The van der Waals surface area contributed by atoms with Crippen molar-refractivity contribution in [1.82, 2.24) is 20.1 Å². The molecule has 1 saturated heterocycles. The van der Waals surface area contributed by atoms with Gasteiger partial charge >= 0.3 is 0 Å². The molecule has 1 aromatic heterocycles. The SMILES string of the molecule is Cc1ccc(-n2cnnc2SCC(=O)NCC2CCCO2)c(C)c1. The number of amides is 1. The molecule has 2 aromatic rings. The van der Waals surface area contributed by atoms with Gasteiger partial charge in [-0.3, -0.25) is 9.36 Å². The van der Waals surface area contributed by atoms with Crippen molar-refractivity contribution in [2.45, 2.75) is 37.9 Å². The summed E-state index contributed by atoms with van der Waals surface area (Å²) in [6.45, 7) is 5.51. The highest BCUT2D eigenvalue weighted by Gasteiger charge is 2.17. The topological polar surface area (TPSA) is 69.0 Å². The van der Waals surface area contributed by atoms with E-state index in [4.69, 9.17) is 4.74 Å². The number of carbonyl (C=O) groups is 1. The number of nitrogens with zero attached hydrogens (tertiary/aromatic N) is 3. The van der Waals surface area contributed by atoms with E-state index >= 15 is 0 Å². The summed E-state index contributed by atoms with van der Waals surface area (Å²) < 4.78 is 7.43. The second-order valence-corrected chi connectivity index (χ2v) is 6.94. The Balaban J connectivity index is 1.58. The maximum Gasteiger partial charge on any atom is 0.230 e. The molecule has 1 unspecified atom stereocenters. The van der Waals surface area contributed by atoms with Crippen LogP contribution in [-0.2, 0) is 9.53 Å². The number of aryl methyl sites for hydroxylation is 2. The van der Waals surface area contributed by atoms with E-state index in [1.54, 1.807) is 6.33 Å². The minimum absolute atomic E-state index is 0.00863. The summed E-state index contributed by atoms with van der Waals surface area (Å²) >= 11 is 1.39. The average Bonchev–Trinajstić information content (AvgIpc) is 3.22. The zero-order chi connectivity index (χ0) is 16.9. The quantitative estimate of drug-likeness (QED) is 0.813. The lowest BCUT2D eigenvalue weighted by atomic mass is 10.1. The minimum Gasteiger partial charge on any atom is -0.376 e. The fourth-order valence-corrected chi connectivity index (χ4v) is 3.53. The van der Waals surface area contributed by atoms with Crippen molar-refractivity contribution in [3.63, 3.8) is 0 Å². The van der Waals surface area contributed by atoms with Gasteiger partial charge in [-0.2, -0.15) is 0 Å². The van der Waals surface area contributed by atoms with Crippen LogP contribution in [0.3, 0.4) is 0 Å². The van der Waals surface area contributed by atoms with Crippen LogP contribution in [0.4, 0.5) is 0 Å². The second kappa shape index (κ2) is 7.81. The molecule has 1 fully saturated rings. The molecule has 3 rings (SSSR count). The Bertz CT molecular complexity index is 710. The van der Waals surface area contributed by atoms with Gasteiger partial charge in [-0.25, -0.2) is 0 Å². The highest BCUT2D eigenvalue weighted by Crippen LogP contribution is 2.22. The van der Waals surface area contributed by atoms with Gasteiger partial charge in [0.15, 0.2) is 5.16 Å². The van der Waals surface area contributed by atoms with Gasteiger partial charge in [0.05, 0.1) is 17.5 Å². The van der Waals surface area contributed by atoms with Crippen molar-refractivity contribution >= 4 is 17.7 Å². The van der Waals surface area contributed by atoms with Gasteiger partial charge in [0.1, 0.15) is 6.33 Å². The number of aromatic nitrogens is 3. The number of ether oxygens (including phenoxy) is 1. The zero-order valence-electron chi connectivity index (χ0n) is 14.0. The fraction of sp³-hybridized carbons (Fsp3) is 0.471. The molecule has 6 nitrogen and oxygen atoms in total. The van der Waals surface area contributed by atoms with Crippen LogP contribution in [0.5, 0.6) is 0 Å². The molecule has 24 heavy (non-hydrogen) atoms. The Labute approximate surface area is 146 Å². The summed E-state index contributed by atoms with van der Waals surface area (Å²) in [5.74, 6) is 0.307. The van der Waals surface area contributed by atoms with Crippen molar-refractivity contribution in [3.05, 3.63) is 35.7 Å². The Morgan fingerprint density at radius 2 is 2.33 bits per heavy atom. The lowest BCUT2D eigenvalue weighted by molar-refractivity contribution is -0.119. The van der Waals surface area contributed by atoms with E-state index in [2.05, 4.69) is 47.6 Å². The Hall–Kier alpha value is -1.86. The third-order valence-electron chi connectivity index (χ3n) is 4.01.